The number of nitrogen functional groups attached to an aromatic ring is 1. The number of nitrogens with one attached hydrogen (secondary N) is 1. The molecule has 0 radical (unpaired) electrons. The number of pyridine rings is 1. The Labute approximate surface area is 116 Å². The maximum atomic E-state index is 11.8. The van der Waals surface area contributed by atoms with Gasteiger partial charge in [-0.25, -0.2) is 0 Å². The van der Waals surface area contributed by atoms with Crippen LogP contribution in [0.5, 0.6) is 0 Å². The Morgan fingerprint density at radius 2 is 2.26 bits per heavy atom. The lowest BCUT2D eigenvalue weighted by atomic mass is 10.2. The van der Waals surface area contributed by atoms with Gasteiger partial charge >= 0.3 is 0 Å². The molecular formula is C14H15N3OS. The van der Waals surface area contributed by atoms with E-state index in [9.17, 15) is 4.79 Å². The molecule has 1 amide bonds. The Kier molecular flexibility index (Phi) is 4.41. The maximum Gasteiger partial charge on any atom is 0.234 e. The van der Waals surface area contributed by atoms with E-state index in [0.29, 0.717) is 11.4 Å². The number of hydrogen-bond acceptors (Lipinski definition) is 4. The molecule has 1 heterocycles. The summed E-state index contributed by atoms with van der Waals surface area (Å²) in [5.41, 5.74) is 8.29. The quantitative estimate of drug-likeness (QED) is 0.840. The molecule has 0 saturated carbocycles. The van der Waals surface area contributed by atoms with Crippen LogP contribution in [0.25, 0.3) is 0 Å². The van der Waals surface area contributed by atoms with E-state index >= 15 is 0 Å². The van der Waals surface area contributed by atoms with Gasteiger partial charge in [0.1, 0.15) is 0 Å². The van der Waals surface area contributed by atoms with E-state index in [1.807, 2.05) is 31.2 Å². The third-order valence-corrected chi connectivity index (χ3v) is 3.56. The number of thioether (sulfide) groups is 1. The fourth-order valence-electron chi connectivity index (χ4n) is 1.59. The summed E-state index contributed by atoms with van der Waals surface area (Å²) in [4.78, 5) is 16.6. The van der Waals surface area contributed by atoms with Crippen molar-refractivity contribution in [2.24, 2.45) is 0 Å². The van der Waals surface area contributed by atoms with Crippen LogP contribution in [0.3, 0.4) is 0 Å². The summed E-state index contributed by atoms with van der Waals surface area (Å²) in [5, 5.41) is 2.86. The number of aromatic nitrogens is 1. The molecule has 19 heavy (non-hydrogen) atoms. The molecule has 0 aliphatic heterocycles. The molecule has 0 atom stereocenters. The fourth-order valence-corrected chi connectivity index (χ4v) is 2.32. The van der Waals surface area contributed by atoms with Gasteiger partial charge in [0.25, 0.3) is 0 Å². The average Bonchev–Trinajstić information content (AvgIpc) is 2.38. The normalized spacial score (nSPS) is 10.2. The molecule has 1 aromatic carbocycles. The monoisotopic (exact) mass is 273 g/mol. The summed E-state index contributed by atoms with van der Waals surface area (Å²) in [6.45, 7) is 1.99. The molecule has 2 aromatic rings. The van der Waals surface area contributed by atoms with Gasteiger partial charge in [-0.2, -0.15) is 0 Å². The van der Waals surface area contributed by atoms with Gasteiger partial charge in [-0.15, -0.1) is 11.8 Å². The van der Waals surface area contributed by atoms with Crippen molar-refractivity contribution in [1.82, 2.24) is 4.98 Å². The highest BCUT2D eigenvalue weighted by Gasteiger charge is 2.05. The molecule has 4 nitrogen and oxygen atoms in total. The van der Waals surface area contributed by atoms with E-state index < -0.39 is 0 Å². The van der Waals surface area contributed by atoms with Crippen molar-refractivity contribution in [2.75, 3.05) is 16.8 Å². The lowest BCUT2D eigenvalue weighted by Gasteiger charge is -2.07. The van der Waals surface area contributed by atoms with Crippen LogP contribution in [0.2, 0.25) is 0 Å². The zero-order valence-corrected chi connectivity index (χ0v) is 11.4. The third kappa shape index (κ3) is 3.99. The van der Waals surface area contributed by atoms with Gasteiger partial charge in [0.2, 0.25) is 5.91 Å². The summed E-state index contributed by atoms with van der Waals surface area (Å²) in [6, 6.07) is 9.51. The standard InChI is InChI=1S/C14H15N3OS/c1-10-3-2-4-11(7-10)17-14(18)9-19-13-5-6-16-8-12(13)15/h2-8H,9,15H2,1H3,(H,17,18). The lowest BCUT2D eigenvalue weighted by molar-refractivity contribution is -0.113. The summed E-state index contributed by atoms with van der Waals surface area (Å²) < 4.78 is 0. The molecule has 0 bridgehead atoms. The fraction of sp³-hybridized carbons (Fsp3) is 0.143. The average molecular weight is 273 g/mol. The molecule has 0 unspecified atom stereocenters. The SMILES string of the molecule is Cc1cccc(NC(=O)CSc2ccncc2N)c1. The van der Waals surface area contributed by atoms with Gasteiger partial charge in [0, 0.05) is 16.8 Å². The molecular weight excluding hydrogens is 258 g/mol. The number of anilines is 2. The second-order valence-corrected chi connectivity index (χ2v) is 5.14. The smallest absolute Gasteiger partial charge is 0.234 e. The number of amides is 1. The molecule has 0 aliphatic carbocycles. The Balaban J connectivity index is 1.90. The molecule has 1 aromatic heterocycles. The first-order valence-corrected chi connectivity index (χ1v) is 6.82. The van der Waals surface area contributed by atoms with Gasteiger partial charge in [0.05, 0.1) is 17.6 Å². The topological polar surface area (TPSA) is 68.0 Å². The molecule has 3 N–H and O–H groups in total. The molecule has 0 fully saturated rings. The lowest BCUT2D eigenvalue weighted by Crippen LogP contribution is -2.14. The second-order valence-electron chi connectivity index (χ2n) is 4.12. The Hall–Kier alpha value is -2.01. The Morgan fingerprint density at radius 3 is 3.00 bits per heavy atom. The molecule has 0 aliphatic rings. The van der Waals surface area contributed by atoms with E-state index in [0.717, 1.165) is 16.1 Å². The number of benzene rings is 1. The van der Waals surface area contributed by atoms with Crippen LogP contribution in [-0.4, -0.2) is 16.6 Å². The first-order valence-electron chi connectivity index (χ1n) is 5.84. The minimum atomic E-state index is -0.0492. The highest BCUT2D eigenvalue weighted by Crippen LogP contribution is 2.23. The number of carbonyl (C=O) groups is 1. The first-order chi connectivity index (χ1) is 9.15. The predicted molar refractivity (Wildman–Crippen MR) is 79.2 cm³/mol. The minimum Gasteiger partial charge on any atom is -0.397 e. The van der Waals surface area contributed by atoms with Crippen molar-refractivity contribution >= 4 is 29.0 Å². The van der Waals surface area contributed by atoms with Gasteiger partial charge in [-0.1, -0.05) is 12.1 Å². The number of hydrogen-bond donors (Lipinski definition) is 2. The maximum absolute atomic E-state index is 11.8. The summed E-state index contributed by atoms with van der Waals surface area (Å²) >= 11 is 1.40. The van der Waals surface area contributed by atoms with E-state index in [4.69, 9.17) is 5.73 Å². The number of aryl methyl sites for hydroxylation is 1. The van der Waals surface area contributed by atoms with Gasteiger partial charge in [-0.05, 0) is 30.7 Å². The minimum absolute atomic E-state index is 0.0492. The van der Waals surface area contributed by atoms with Crippen molar-refractivity contribution < 1.29 is 4.79 Å². The van der Waals surface area contributed by atoms with Crippen LogP contribution in [0, 0.1) is 6.92 Å². The van der Waals surface area contributed by atoms with Crippen molar-refractivity contribution in [2.45, 2.75) is 11.8 Å². The molecule has 0 saturated heterocycles. The van der Waals surface area contributed by atoms with E-state index in [1.165, 1.54) is 11.8 Å². The highest BCUT2D eigenvalue weighted by molar-refractivity contribution is 8.00. The summed E-state index contributed by atoms with van der Waals surface area (Å²) in [7, 11) is 0. The van der Waals surface area contributed by atoms with Crippen molar-refractivity contribution in [3.63, 3.8) is 0 Å². The zero-order valence-electron chi connectivity index (χ0n) is 10.6. The molecule has 2 rings (SSSR count). The number of rotatable bonds is 4. The van der Waals surface area contributed by atoms with Crippen LogP contribution in [0.4, 0.5) is 11.4 Å². The van der Waals surface area contributed by atoms with Crippen molar-refractivity contribution in [3.05, 3.63) is 48.3 Å². The van der Waals surface area contributed by atoms with Gasteiger partial charge < -0.3 is 11.1 Å². The summed E-state index contributed by atoms with van der Waals surface area (Å²) in [6.07, 6.45) is 3.25. The van der Waals surface area contributed by atoms with Crippen LogP contribution in [0.1, 0.15) is 5.56 Å². The largest absolute Gasteiger partial charge is 0.397 e. The number of nitrogens with two attached hydrogens (primary N) is 1. The number of nitrogens with zero attached hydrogens (tertiary/aromatic N) is 1. The molecule has 5 heteroatoms. The van der Waals surface area contributed by atoms with Crippen molar-refractivity contribution in [1.29, 1.82) is 0 Å². The first kappa shape index (κ1) is 13.4. The van der Waals surface area contributed by atoms with E-state index in [2.05, 4.69) is 10.3 Å². The predicted octanol–water partition coefficient (Wildman–Crippen LogP) is 2.70. The highest BCUT2D eigenvalue weighted by atomic mass is 32.2. The second kappa shape index (κ2) is 6.24. The van der Waals surface area contributed by atoms with Gasteiger partial charge in [-0.3, -0.25) is 9.78 Å². The van der Waals surface area contributed by atoms with Gasteiger partial charge in [0.15, 0.2) is 0 Å². The Morgan fingerprint density at radius 1 is 1.42 bits per heavy atom. The zero-order chi connectivity index (χ0) is 13.7. The molecule has 98 valence electrons. The van der Waals surface area contributed by atoms with Crippen LogP contribution in [0.15, 0.2) is 47.6 Å². The molecule has 0 spiro atoms. The van der Waals surface area contributed by atoms with Crippen molar-refractivity contribution in [3.8, 4) is 0 Å². The van der Waals surface area contributed by atoms with E-state index in [-0.39, 0.29) is 5.91 Å². The Bertz CT molecular complexity index is 586. The van der Waals surface area contributed by atoms with E-state index in [1.54, 1.807) is 18.5 Å². The van der Waals surface area contributed by atoms with Crippen LogP contribution in [-0.2, 0) is 4.79 Å². The van der Waals surface area contributed by atoms with Crippen LogP contribution >= 0.6 is 11.8 Å². The van der Waals surface area contributed by atoms with Crippen LogP contribution < -0.4 is 11.1 Å². The summed E-state index contributed by atoms with van der Waals surface area (Å²) in [5.74, 6) is 0.272. The number of carbonyl (C=O) groups excluding carboxylic acids is 1. The third-order valence-electron chi connectivity index (χ3n) is 2.47.